The van der Waals surface area contributed by atoms with E-state index in [1.165, 1.54) is 12.1 Å². The smallest absolute Gasteiger partial charge is 0.269 e. The first kappa shape index (κ1) is 15.9. The second-order valence-corrected chi connectivity index (χ2v) is 6.20. The number of para-hydroxylation sites is 1. The predicted molar refractivity (Wildman–Crippen MR) is 93.1 cm³/mol. The Kier molecular flexibility index (Phi) is 3.93. The Morgan fingerprint density at radius 1 is 1.17 bits per heavy atom. The van der Waals surface area contributed by atoms with Crippen LogP contribution in [0, 0.1) is 10.1 Å². The summed E-state index contributed by atoms with van der Waals surface area (Å²) in [6.07, 6.45) is 3.07. The van der Waals surface area contributed by atoms with Gasteiger partial charge in [-0.3, -0.25) is 14.9 Å². The molecule has 0 saturated heterocycles. The van der Waals surface area contributed by atoms with Crippen molar-refractivity contribution in [3.8, 4) is 0 Å². The minimum Gasteiger partial charge on any atom is -0.347 e. The third kappa shape index (κ3) is 2.48. The van der Waals surface area contributed by atoms with Crippen LogP contribution in [0.4, 0.5) is 11.4 Å². The van der Waals surface area contributed by atoms with Crippen LogP contribution in [-0.4, -0.2) is 18.3 Å². The maximum Gasteiger partial charge on any atom is 0.269 e. The monoisotopic (exact) mass is 322 g/mol. The molecule has 1 atom stereocenters. The van der Waals surface area contributed by atoms with Gasteiger partial charge in [0.15, 0.2) is 0 Å². The molecule has 2 aromatic rings. The molecule has 5 nitrogen and oxygen atoms in total. The number of rotatable bonds is 4. The Balaban J connectivity index is 2.04. The van der Waals surface area contributed by atoms with Gasteiger partial charge in [0.05, 0.1) is 4.92 Å². The number of fused-ring (bicyclic) bond motifs is 1. The van der Waals surface area contributed by atoms with Crippen molar-refractivity contribution in [1.29, 1.82) is 0 Å². The molecule has 0 aliphatic carbocycles. The molecule has 5 heteroatoms. The van der Waals surface area contributed by atoms with Gasteiger partial charge < -0.3 is 4.90 Å². The molecule has 0 N–H and O–H groups in total. The Hall–Kier alpha value is -2.95. The van der Waals surface area contributed by atoms with Gasteiger partial charge in [0.1, 0.15) is 6.29 Å². The van der Waals surface area contributed by atoms with Gasteiger partial charge in [-0.25, -0.2) is 0 Å². The number of carbonyl (C=O) groups is 1. The highest BCUT2D eigenvalue weighted by Gasteiger charge is 2.42. The standard InChI is InChI=1S/C19H18N2O3/c1-19(13-14-7-9-15(10-8-14)21(23)24)16-5-3-4-6-17(16)20(2)18(19)11-12-22/h3-12H,13H2,1-2H3/b18-11+. The topological polar surface area (TPSA) is 63.5 Å². The zero-order chi connectivity index (χ0) is 17.3. The van der Waals surface area contributed by atoms with Gasteiger partial charge in [-0.1, -0.05) is 30.3 Å². The fourth-order valence-corrected chi connectivity index (χ4v) is 3.56. The first-order valence-corrected chi connectivity index (χ1v) is 7.70. The maximum atomic E-state index is 11.1. The molecule has 1 aliphatic rings. The van der Waals surface area contributed by atoms with Crippen LogP contribution in [0.15, 0.2) is 60.3 Å². The number of hydrogen-bond donors (Lipinski definition) is 0. The van der Waals surface area contributed by atoms with E-state index in [9.17, 15) is 14.9 Å². The summed E-state index contributed by atoms with van der Waals surface area (Å²) in [5, 5.41) is 10.8. The van der Waals surface area contributed by atoms with Crippen LogP contribution in [0.5, 0.6) is 0 Å². The number of non-ortho nitro benzene ring substituents is 1. The van der Waals surface area contributed by atoms with Crippen molar-refractivity contribution < 1.29 is 9.72 Å². The second kappa shape index (κ2) is 5.92. The maximum absolute atomic E-state index is 11.1. The van der Waals surface area contributed by atoms with E-state index in [-0.39, 0.29) is 11.1 Å². The molecule has 0 amide bonds. The zero-order valence-electron chi connectivity index (χ0n) is 13.6. The van der Waals surface area contributed by atoms with Crippen LogP contribution >= 0.6 is 0 Å². The van der Waals surface area contributed by atoms with Gasteiger partial charge in [0.25, 0.3) is 5.69 Å². The Morgan fingerprint density at radius 3 is 2.46 bits per heavy atom. The number of nitro groups is 1. The summed E-state index contributed by atoms with van der Waals surface area (Å²) in [7, 11) is 1.95. The quantitative estimate of drug-likeness (QED) is 0.373. The molecule has 0 bridgehead atoms. The molecule has 1 unspecified atom stereocenters. The van der Waals surface area contributed by atoms with Crippen LogP contribution in [-0.2, 0) is 16.6 Å². The molecule has 2 aromatic carbocycles. The van der Waals surface area contributed by atoms with Crippen molar-refractivity contribution >= 4 is 17.7 Å². The molecule has 1 heterocycles. The summed E-state index contributed by atoms with van der Waals surface area (Å²) in [4.78, 5) is 23.6. The molecular formula is C19H18N2O3. The van der Waals surface area contributed by atoms with Crippen molar-refractivity contribution in [2.45, 2.75) is 18.8 Å². The van der Waals surface area contributed by atoms with E-state index in [2.05, 4.69) is 13.0 Å². The fraction of sp³-hybridized carbons (Fsp3) is 0.211. The number of nitro benzene ring substituents is 1. The van der Waals surface area contributed by atoms with E-state index in [1.807, 2.05) is 30.1 Å². The van der Waals surface area contributed by atoms with Crippen molar-refractivity contribution in [3.63, 3.8) is 0 Å². The van der Waals surface area contributed by atoms with E-state index >= 15 is 0 Å². The first-order valence-electron chi connectivity index (χ1n) is 7.70. The van der Waals surface area contributed by atoms with Crippen molar-refractivity contribution in [2.75, 3.05) is 11.9 Å². The van der Waals surface area contributed by atoms with Crippen molar-refractivity contribution in [1.82, 2.24) is 0 Å². The number of hydrogen-bond acceptors (Lipinski definition) is 4. The Morgan fingerprint density at radius 2 is 1.83 bits per heavy atom. The largest absolute Gasteiger partial charge is 0.347 e. The lowest BCUT2D eigenvalue weighted by atomic mass is 9.76. The second-order valence-electron chi connectivity index (χ2n) is 6.20. The van der Waals surface area contributed by atoms with Gasteiger partial charge in [0, 0.05) is 36.0 Å². The van der Waals surface area contributed by atoms with Crippen LogP contribution in [0.25, 0.3) is 0 Å². The lowest BCUT2D eigenvalue weighted by molar-refractivity contribution is -0.384. The Bertz CT molecular complexity index is 827. The summed E-state index contributed by atoms with van der Waals surface area (Å²) in [6, 6.07) is 14.7. The number of aldehydes is 1. The van der Waals surface area contributed by atoms with Crippen LogP contribution in [0.2, 0.25) is 0 Å². The highest BCUT2D eigenvalue weighted by Crippen LogP contribution is 2.48. The molecule has 0 spiro atoms. The average Bonchev–Trinajstić information content (AvgIpc) is 2.78. The molecule has 0 fully saturated rings. The van der Waals surface area contributed by atoms with Gasteiger partial charge in [-0.05, 0) is 36.6 Å². The van der Waals surface area contributed by atoms with Crippen LogP contribution in [0.3, 0.4) is 0 Å². The molecule has 122 valence electrons. The normalized spacial score (nSPS) is 20.9. The number of allylic oxidation sites excluding steroid dienone is 2. The number of nitrogens with zero attached hydrogens (tertiary/aromatic N) is 2. The summed E-state index contributed by atoms with van der Waals surface area (Å²) in [6.45, 7) is 2.10. The minimum absolute atomic E-state index is 0.0801. The number of anilines is 1. The minimum atomic E-state index is -0.401. The first-order chi connectivity index (χ1) is 11.5. The molecule has 24 heavy (non-hydrogen) atoms. The van der Waals surface area contributed by atoms with Gasteiger partial charge in [-0.2, -0.15) is 0 Å². The fourth-order valence-electron chi connectivity index (χ4n) is 3.56. The average molecular weight is 322 g/mol. The lowest BCUT2D eigenvalue weighted by Gasteiger charge is -2.28. The van der Waals surface area contributed by atoms with Crippen molar-refractivity contribution in [3.05, 3.63) is 81.5 Å². The van der Waals surface area contributed by atoms with E-state index in [0.717, 1.165) is 28.8 Å². The molecule has 0 saturated carbocycles. The van der Waals surface area contributed by atoms with Gasteiger partial charge >= 0.3 is 0 Å². The number of benzene rings is 2. The summed E-state index contributed by atoms with van der Waals surface area (Å²) >= 11 is 0. The highest BCUT2D eigenvalue weighted by atomic mass is 16.6. The van der Waals surface area contributed by atoms with Crippen LogP contribution in [0.1, 0.15) is 18.1 Å². The van der Waals surface area contributed by atoms with Crippen LogP contribution < -0.4 is 4.90 Å². The van der Waals surface area contributed by atoms with E-state index in [1.54, 1.807) is 18.2 Å². The van der Waals surface area contributed by atoms with E-state index in [4.69, 9.17) is 0 Å². The third-order valence-electron chi connectivity index (χ3n) is 4.72. The summed E-state index contributed by atoms with van der Waals surface area (Å²) in [5.41, 5.74) is 3.87. The SMILES string of the molecule is CN1/C(=C/C=O)C(C)(Cc2ccc([N+](=O)[O-])cc2)c2ccccc21. The molecule has 0 radical (unpaired) electrons. The zero-order valence-corrected chi connectivity index (χ0v) is 13.6. The molecular weight excluding hydrogens is 304 g/mol. The van der Waals surface area contributed by atoms with E-state index < -0.39 is 4.92 Å². The summed E-state index contributed by atoms with van der Waals surface area (Å²) < 4.78 is 0. The molecule has 0 aromatic heterocycles. The van der Waals surface area contributed by atoms with Crippen molar-refractivity contribution in [2.24, 2.45) is 0 Å². The third-order valence-corrected chi connectivity index (χ3v) is 4.72. The van der Waals surface area contributed by atoms with Gasteiger partial charge in [-0.15, -0.1) is 0 Å². The number of likely N-dealkylation sites (N-methyl/N-ethyl adjacent to an activating group) is 1. The lowest BCUT2D eigenvalue weighted by Crippen LogP contribution is -2.29. The number of carbonyl (C=O) groups excluding carboxylic acids is 1. The Labute approximate surface area is 140 Å². The van der Waals surface area contributed by atoms with Gasteiger partial charge in [0.2, 0.25) is 0 Å². The summed E-state index contributed by atoms with van der Waals surface area (Å²) in [5.74, 6) is 0. The van der Waals surface area contributed by atoms with E-state index in [0.29, 0.717) is 6.42 Å². The molecule has 1 aliphatic heterocycles. The predicted octanol–water partition coefficient (Wildman–Crippen LogP) is 3.63. The highest BCUT2D eigenvalue weighted by molar-refractivity contribution is 5.77. The molecule has 3 rings (SSSR count).